The number of rotatable bonds is 8. The zero-order chi connectivity index (χ0) is 25.3. The number of nitrogens with one attached hydrogen (secondary N) is 1. The first-order chi connectivity index (χ1) is 16.8. The molecule has 35 heavy (non-hydrogen) atoms. The molecule has 0 spiro atoms. The third kappa shape index (κ3) is 4.82. The number of likely N-dealkylation sites (N-methyl/N-ethyl adjacent to an activating group) is 1. The number of aromatic nitrogens is 2. The van der Waals surface area contributed by atoms with E-state index >= 15 is 0 Å². The minimum atomic E-state index is -0.0945. The second kappa shape index (κ2) is 10.4. The molecule has 1 aromatic carbocycles. The van der Waals surface area contributed by atoms with E-state index in [1.807, 2.05) is 30.9 Å². The van der Waals surface area contributed by atoms with Crippen LogP contribution >= 0.6 is 12.2 Å². The minimum Gasteiger partial charge on any atom is -0.490 e. The van der Waals surface area contributed by atoms with Crippen LogP contribution in [0.1, 0.15) is 36.7 Å². The van der Waals surface area contributed by atoms with Crippen LogP contribution in [0, 0.1) is 6.92 Å². The third-order valence-electron chi connectivity index (χ3n) is 6.40. The number of hydrogen-bond donors (Lipinski definition) is 1. The summed E-state index contributed by atoms with van der Waals surface area (Å²) >= 11 is 5.79. The molecule has 2 aromatic heterocycles. The van der Waals surface area contributed by atoms with Crippen LogP contribution in [0.15, 0.2) is 29.2 Å². The lowest BCUT2D eigenvalue weighted by Crippen LogP contribution is -2.39. The summed E-state index contributed by atoms with van der Waals surface area (Å²) in [6.07, 6.45) is 1.70. The minimum absolute atomic E-state index is 0.0268. The van der Waals surface area contributed by atoms with Crippen LogP contribution in [0.5, 0.6) is 11.6 Å². The summed E-state index contributed by atoms with van der Waals surface area (Å²) in [7, 11) is 13.9. The maximum atomic E-state index is 13.8. The maximum Gasteiger partial charge on any atom is 0.213 e. The number of ether oxygens (including phenoxy) is 2. The molecule has 1 unspecified atom stereocenters. The molecular weight excluding hydrogens is 458 g/mol. The van der Waals surface area contributed by atoms with Crippen molar-refractivity contribution >= 4 is 54.7 Å². The van der Waals surface area contributed by atoms with E-state index in [1.54, 1.807) is 19.4 Å². The second-order valence-corrected chi connectivity index (χ2v) is 9.24. The van der Waals surface area contributed by atoms with Gasteiger partial charge < -0.3 is 24.3 Å². The van der Waals surface area contributed by atoms with E-state index < -0.39 is 0 Å². The molecule has 0 saturated heterocycles. The Kier molecular flexibility index (Phi) is 7.52. The van der Waals surface area contributed by atoms with Gasteiger partial charge in [0.1, 0.15) is 28.0 Å². The molecule has 10 heteroatoms. The molecule has 0 amide bonds. The summed E-state index contributed by atoms with van der Waals surface area (Å²) in [6, 6.07) is 5.48. The monoisotopic (exact) mass is 486 g/mol. The molecule has 1 aliphatic rings. The van der Waals surface area contributed by atoms with Crippen LogP contribution in [0.25, 0.3) is 10.9 Å². The number of thiocarbonyl (C=S) groups is 1. The highest BCUT2D eigenvalue weighted by atomic mass is 32.1. The van der Waals surface area contributed by atoms with Gasteiger partial charge in [-0.05, 0) is 32.0 Å². The number of benzene rings is 1. The Morgan fingerprint density at radius 1 is 1.37 bits per heavy atom. The summed E-state index contributed by atoms with van der Waals surface area (Å²) in [5, 5.41) is 3.79. The van der Waals surface area contributed by atoms with Gasteiger partial charge in [-0.15, -0.1) is 0 Å². The predicted octanol–water partition coefficient (Wildman–Crippen LogP) is 1.19. The van der Waals surface area contributed by atoms with Gasteiger partial charge >= 0.3 is 0 Å². The Labute approximate surface area is 213 Å². The van der Waals surface area contributed by atoms with Gasteiger partial charge in [0.25, 0.3) is 0 Å². The fraction of sp³-hybridized carbons (Fsp3) is 0.400. The maximum absolute atomic E-state index is 13.8. The number of pyridine rings is 2. The molecule has 178 valence electrons. The average Bonchev–Trinajstić information content (AvgIpc) is 2.85. The molecular formula is C25H28B2N4O3S. The van der Waals surface area contributed by atoms with Gasteiger partial charge in [0.15, 0.2) is 5.43 Å². The molecule has 0 saturated carbocycles. The van der Waals surface area contributed by atoms with Crippen molar-refractivity contribution in [2.75, 3.05) is 26.8 Å². The Balaban J connectivity index is 1.83. The second-order valence-electron chi connectivity index (χ2n) is 8.76. The summed E-state index contributed by atoms with van der Waals surface area (Å²) in [5.74, 6) is 1.01. The van der Waals surface area contributed by atoms with Crippen LogP contribution < -0.4 is 31.1 Å². The zero-order valence-electron chi connectivity index (χ0n) is 20.6. The van der Waals surface area contributed by atoms with Crippen molar-refractivity contribution in [1.82, 2.24) is 19.8 Å². The molecule has 0 bridgehead atoms. The van der Waals surface area contributed by atoms with Crippen molar-refractivity contribution in [1.29, 1.82) is 0 Å². The Hall–Kier alpha value is -2.84. The topological polar surface area (TPSA) is 68.6 Å². The lowest BCUT2D eigenvalue weighted by atomic mass is 9.78. The van der Waals surface area contributed by atoms with Crippen LogP contribution in [0.4, 0.5) is 0 Å². The van der Waals surface area contributed by atoms with E-state index in [2.05, 4.69) is 21.8 Å². The SMILES string of the molecule is [B]c1cc2c(=O)c(CN(Cc3ccnc(OC)c3)C(=S)CNCC)c(C)n3c2c(c1[B])OCC3C. The molecule has 1 atom stereocenters. The average molecular weight is 486 g/mol. The summed E-state index contributed by atoms with van der Waals surface area (Å²) in [4.78, 5) is 20.8. The van der Waals surface area contributed by atoms with E-state index in [1.165, 1.54) is 0 Å². The first kappa shape index (κ1) is 25.3. The molecule has 4 radical (unpaired) electrons. The van der Waals surface area contributed by atoms with Crippen LogP contribution in [0.2, 0.25) is 0 Å². The van der Waals surface area contributed by atoms with Crippen molar-refractivity contribution in [3.63, 3.8) is 0 Å². The first-order valence-corrected chi connectivity index (χ1v) is 12.0. The quantitative estimate of drug-likeness (QED) is 0.379. The van der Waals surface area contributed by atoms with Gasteiger partial charge in [-0.1, -0.05) is 36.1 Å². The first-order valence-electron chi connectivity index (χ1n) is 11.6. The lowest BCUT2D eigenvalue weighted by Gasteiger charge is -2.33. The van der Waals surface area contributed by atoms with E-state index in [0.717, 1.165) is 17.8 Å². The van der Waals surface area contributed by atoms with Crippen molar-refractivity contribution in [2.24, 2.45) is 0 Å². The standard InChI is InChI=1S/C25H28B2N4O3S/c1-5-28-10-21(35)30(11-16-6-7-29-20(8-16)33-4)12-18-15(3)31-14(2)13-34-25-22(27)19(26)9-17(23(25)31)24(18)32/h6-9,14,28H,5,10-13H2,1-4H3. The molecule has 7 nitrogen and oxygen atoms in total. The molecule has 3 heterocycles. The highest BCUT2D eigenvalue weighted by Gasteiger charge is 2.27. The molecule has 0 aliphatic carbocycles. The van der Waals surface area contributed by atoms with Gasteiger partial charge in [-0.3, -0.25) is 4.79 Å². The van der Waals surface area contributed by atoms with Gasteiger partial charge in [-0.2, -0.15) is 0 Å². The largest absolute Gasteiger partial charge is 0.490 e. The smallest absolute Gasteiger partial charge is 0.213 e. The molecule has 4 rings (SSSR count). The van der Waals surface area contributed by atoms with Gasteiger partial charge in [-0.25, -0.2) is 4.98 Å². The lowest BCUT2D eigenvalue weighted by molar-refractivity contribution is 0.246. The molecule has 1 N–H and O–H groups in total. The van der Waals surface area contributed by atoms with Crippen molar-refractivity contribution < 1.29 is 9.47 Å². The van der Waals surface area contributed by atoms with Crippen molar-refractivity contribution in [3.8, 4) is 11.6 Å². The van der Waals surface area contributed by atoms with Crippen LogP contribution in [-0.2, 0) is 13.1 Å². The molecule has 3 aromatic rings. The van der Waals surface area contributed by atoms with E-state index in [9.17, 15) is 4.79 Å². The normalized spacial score (nSPS) is 14.6. The fourth-order valence-corrected chi connectivity index (χ4v) is 4.78. The van der Waals surface area contributed by atoms with Crippen molar-refractivity contribution in [3.05, 3.63) is 51.4 Å². The number of methoxy groups -OCH3 is 1. The summed E-state index contributed by atoms with van der Waals surface area (Å²) in [6.45, 7) is 8.69. The van der Waals surface area contributed by atoms with Gasteiger partial charge in [0.05, 0.1) is 23.7 Å². The van der Waals surface area contributed by atoms with Gasteiger partial charge in [0.2, 0.25) is 5.88 Å². The highest BCUT2D eigenvalue weighted by molar-refractivity contribution is 7.80. The van der Waals surface area contributed by atoms with E-state index in [4.69, 9.17) is 37.4 Å². The highest BCUT2D eigenvalue weighted by Crippen LogP contribution is 2.31. The Morgan fingerprint density at radius 3 is 2.86 bits per heavy atom. The Bertz CT molecular complexity index is 1340. The van der Waals surface area contributed by atoms with Crippen LogP contribution in [0.3, 0.4) is 0 Å². The van der Waals surface area contributed by atoms with E-state index in [0.29, 0.717) is 70.3 Å². The van der Waals surface area contributed by atoms with E-state index in [-0.39, 0.29) is 11.5 Å². The fourth-order valence-electron chi connectivity index (χ4n) is 4.54. The van der Waals surface area contributed by atoms with Crippen LogP contribution in [-0.4, -0.2) is 61.9 Å². The number of hydrogen-bond acceptors (Lipinski definition) is 6. The summed E-state index contributed by atoms with van der Waals surface area (Å²) < 4.78 is 13.3. The van der Waals surface area contributed by atoms with Crippen molar-refractivity contribution in [2.45, 2.75) is 39.9 Å². The molecule has 1 aliphatic heterocycles. The Morgan fingerprint density at radius 2 is 2.14 bits per heavy atom. The van der Waals surface area contributed by atoms with Gasteiger partial charge in [0, 0.05) is 48.5 Å². The molecule has 0 fully saturated rings. The predicted molar refractivity (Wildman–Crippen MR) is 145 cm³/mol. The summed E-state index contributed by atoms with van der Waals surface area (Å²) in [5.41, 5.74) is 3.82. The third-order valence-corrected chi connectivity index (χ3v) is 6.81. The zero-order valence-corrected chi connectivity index (χ0v) is 21.4. The number of nitrogens with zero attached hydrogens (tertiary/aromatic N) is 3.